The second-order valence-corrected chi connectivity index (χ2v) is 18.3. The number of likely N-dealkylation sites (tertiary alicyclic amines) is 1. The first-order valence-electron chi connectivity index (χ1n) is 23.0. The van der Waals surface area contributed by atoms with E-state index < -0.39 is 29.2 Å². The molecule has 0 saturated carbocycles. The van der Waals surface area contributed by atoms with Crippen molar-refractivity contribution in [3.8, 4) is 5.69 Å². The minimum Gasteiger partial charge on any atom is -0.380 e. The number of carbonyl (C=O) groups excluding carboxylic acids is 4. The predicted molar refractivity (Wildman–Crippen MR) is 256 cm³/mol. The zero-order chi connectivity index (χ0) is 48.5. The fourth-order valence-corrected chi connectivity index (χ4v) is 8.41. The largest absolute Gasteiger partial charge is 0.416 e. The van der Waals surface area contributed by atoms with E-state index in [0.717, 1.165) is 64.6 Å². The van der Waals surface area contributed by atoms with Gasteiger partial charge in [-0.25, -0.2) is 0 Å². The topological polar surface area (TPSA) is 152 Å². The summed E-state index contributed by atoms with van der Waals surface area (Å²) in [6.07, 6.45) is 3.74. The lowest BCUT2D eigenvalue weighted by Gasteiger charge is -2.35. The van der Waals surface area contributed by atoms with Crippen molar-refractivity contribution in [2.24, 2.45) is 17.5 Å². The Bertz CT molecular complexity index is 2610. The number of ether oxygens (including phenoxy) is 1. The van der Waals surface area contributed by atoms with E-state index in [9.17, 15) is 32.3 Å². The van der Waals surface area contributed by atoms with Crippen molar-refractivity contribution in [3.63, 3.8) is 0 Å². The van der Waals surface area contributed by atoms with E-state index in [1.165, 1.54) is 12.1 Å². The number of allylic oxidation sites excluding steroid dienone is 2. The van der Waals surface area contributed by atoms with Crippen LogP contribution in [0.3, 0.4) is 0 Å². The van der Waals surface area contributed by atoms with Crippen LogP contribution in [0.4, 0.5) is 13.2 Å². The van der Waals surface area contributed by atoms with E-state index >= 15 is 0 Å². The number of nitrogens with zero attached hydrogens (tertiary/aromatic N) is 5. The molecule has 0 bridgehead atoms. The second-order valence-electron chi connectivity index (χ2n) is 18.3. The van der Waals surface area contributed by atoms with Crippen molar-refractivity contribution in [1.29, 1.82) is 0 Å². The van der Waals surface area contributed by atoms with Crippen LogP contribution in [0.25, 0.3) is 33.2 Å². The molecular weight excluding hydrogens is 862 g/mol. The monoisotopic (exact) mass is 924 g/mol. The number of aromatic nitrogens is 3. The minimum absolute atomic E-state index is 0.202. The molecule has 3 aromatic carbocycles. The van der Waals surface area contributed by atoms with Crippen molar-refractivity contribution in [3.05, 3.63) is 101 Å². The predicted octanol–water partition coefficient (Wildman–Crippen LogP) is 8.91. The average molecular weight is 925 g/mol. The molecule has 5 aromatic rings. The standard InChI is InChI=1S/C51H63F3N8O5/c1-8-55-34(3)33(2)36-18-16-35(17-19-36)31-57-48(65)43-14-13-27-61(43)49(66)45(50(4,5)6)58-44(63)15-11-9-10-12-28-67-29-26-56-47(64)37-20-25-42-40(30-37)41-32-60(7)59-46(41)62(42)39-23-21-38(22-24-39)51(52,53)54/h8,16-25,30,32,43,45H,9-15,26-29,31H2,1-7H3,(H,56,64)(H,57,65)(H,58,63)/b34-33+,55-8?. The van der Waals surface area contributed by atoms with Crippen molar-refractivity contribution in [2.45, 2.75) is 111 Å². The van der Waals surface area contributed by atoms with Crippen LogP contribution in [-0.4, -0.2) is 87.5 Å². The van der Waals surface area contributed by atoms with Crippen LogP contribution in [0, 0.1) is 5.41 Å². The first kappa shape index (κ1) is 50.1. The number of aryl methyl sites for hydroxylation is 1. The van der Waals surface area contributed by atoms with Gasteiger partial charge in [0.1, 0.15) is 12.1 Å². The van der Waals surface area contributed by atoms with Gasteiger partial charge >= 0.3 is 6.18 Å². The average Bonchev–Trinajstić information content (AvgIpc) is 4.01. The SMILES string of the molecule is CC=N/C(C)=C(\C)c1ccc(CNC(=O)C2CCCN2C(=O)C(NC(=O)CCCCCCOCCNC(=O)c2ccc3c(c2)c2cn(C)nc2n3-c2ccc(C(F)(F)F)cc2)C(C)(C)C)cc1. The number of unbranched alkanes of at least 4 members (excludes halogenated alkanes) is 3. The van der Waals surface area contributed by atoms with Crippen molar-refractivity contribution in [2.75, 3.05) is 26.3 Å². The summed E-state index contributed by atoms with van der Waals surface area (Å²) in [5.41, 5.74) is 4.95. The molecule has 1 aliphatic heterocycles. The number of rotatable bonds is 19. The third-order valence-electron chi connectivity index (χ3n) is 12.2. The zero-order valence-corrected chi connectivity index (χ0v) is 39.6. The minimum atomic E-state index is -4.45. The van der Waals surface area contributed by atoms with Crippen molar-refractivity contribution < 1.29 is 37.1 Å². The molecule has 358 valence electrons. The molecule has 3 heterocycles. The van der Waals surface area contributed by atoms with Gasteiger partial charge in [-0.15, -0.1) is 0 Å². The third-order valence-corrected chi connectivity index (χ3v) is 12.2. The second kappa shape index (κ2) is 22.0. The number of hydrogen-bond acceptors (Lipinski definition) is 7. The molecule has 0 radical (unpaired) electrons. The molecule has 16 heteroatoms. The zero-order valence-electron chi connectivity index (χ0n) is 39.6. The number of aliphatic imine (C=N–C) groups is 1. The third kappa shape index (κ3) is 12.6. The number of alkyl halides is 3. The lowest BCUT2D eigenvalue weighted by atomic mass is 9.85. The van der Waals surface area contributed by atoms with Crippen molar-refractivity contribution >= 4 is 57.4 Å². The van der Waals surface area contributed by atoms with Gasteiger partial charge in [-0.3, -0.25) is 33.4 Å². The number of hydrogen-bond donors (Lipinski definition) is 3. The van der Waals surface area contributed by atoms with E-state index in [1.807, 2.05) is 72.0 Å². The van der Waals surface area contributed by atoms with Gasteiger partial charge in [-0.1, -0.05) is 57.9 Å². The molecule has 67 heavy (non-hydrogen) atoms. The Kier molecular flexibility index (Phi) is 16.5. The molecule has 2 aromatic heterocycles. The highest BCUT2D eigenvalue weighted by atomic mass is 19.4. The van der Waals surface area contributed by atoms with E-state index in [4.69, 9.17) is 4.74 Å². The van der Waals surface area contributed by atoms with Gasteiger partial charge in [0.2, 0.25) is 17.7 Å². The molecule has 2 unspecified atom stereocenters. The number of fused-ring (bicyclic) bond motifs is 3. The summed E-state index contributed by atoms with van der Waals surface area (Å²) >= 11 is 0. The first-order chi connectivity index (χ1) is 31.9. The molecule has 1 fully saturated rings. The number of carbonyl (C=O) groups is 4. The van der Waals surface area contributed by atoms with Gasteiger partial charge in [0.05, 0.1) is 17.7 Å². The van der Waals surface area contributed by atoms with Crippen LogP contribution in [0.1, 0.15) is 114 Å². The van der Waals surface area contributed by atoms with E-state index in [-0.39, 0.29) is 30.0 Å². The van der Waals surface area contributed by atoms with Gasteiger partial charge in [-0.2, -0.15) is 18.3 Å². The van der Waals surface area contributed by atoms with Crippen LogP contribution in [0.15, 0.2) is 83.6 Å². The maximum atomic E-state index is 14.0. The molecule has 0 spiro atoms. The summed E-state index contributed by atoms with van der Waals surface area (Å²) in [5, 5.41) is 14.9. The molecule has 0 aliphatic carbocycles. The fraction of sp³-hybridized carbons (Fsp3) is 0.451. The Morgan fingerprint density at radius 1 is 0.896 bits per heavy atom. The van der Waals surface area contributed by atoms with E-state index in [0.29, 0.717) is 74.5 Å². The Morgan fingerprint density at radius 2 is 1.60 bits per heavy atom. The quantitative estimate of drug-likeness (QED) is 0.0556. The van der Waals surface area contributed by atoms with Crippen molar-refractivity contribution in [1.82, 2.24) is 35.2 Å². The Labute approximate surface area is 390 Å². The highest BCUT2D eigenvalue weighted by Gasteiger charge is 2.41. The lowest BCUT2D eigenvalue weighted by Crippen LogP contribution is -2.57. The molecule has 2 atom stereocenters. The summed E-state index contributed by atoms with van der Waals surface area (Å²) in [5.74, 6) is -0.934. The number of nitrogens with one attached hydrogen (secondary N) is 3. The van der Waals surface area contributed by atoms with Gasteiger partial charge < -0.3 is 25.6 Å². The normalized spacial score (nSPS) is 15.3. The summed E-state index contributed by atoms with van der Waals surface area (Å²) in [6, 6.07) is 16.7. The lowest BCUT2D eigenvalue weighted by molar-refractivity contribution is -0.144. The number of halogens is 3. The molecule has 4 amide bonds. The molecule has 6 rings (SSSR count). The van der Waals surface area contributed by atoms with E-state index in [2.05, 4.69) is 26.0 Å². The smallest absolute Gasteiger partial charge is 0.380 e. The first-order valence-corrected chi connectivity index (χ1v) is 23.0. The summed E-state index contributed by atoms with van der Waals surface area (Å²) in [4.78, 5) is 59.6. The van der Waals surface area contributed by atoms with Gasteiger partial charge in [0.25, 0.3) is 5.91 Å². The van der Waals surface area contributed by atoms with Gasteiger partial charge in [0.15, 0.2) is 5.65 Å². The molecule has 1 aliphatic rings. The molecule has 13 nitrogen and oxygen atoms in total. The van der Waals surface area contributed by atoms with Crippen LogP contribution in [0.5, 0.6) is 0 Å². The summed E-state index contributed by atoms with van der Waals surface area (Å²) in [6.45, 7) is 13.5. The van der Waals surface area contributed by atoms with E-state index in [1.54, 1.807) is 45.6 Å². The van der Waals surface area contributed by atoms with Gasteiger partial charge in [0, 0.05) is 79.8 Å². The number of amides is 4. The maximum absolute atomic E-state index is 14.0. The highest BCUT2D eigenvalue weighted by Crippen LogP contribution is 2.34. The fourth-order valence-electron chi connectivity index (χ4n) is 8.41. The van der Waals surface area contributed by atoms with Gasteiger partial charge in [-0.05, 0) is 111 Å². The Morgan fingerprint density at radius 3 is 2.28 bits per heavy atom. The highest BCUT2D eigenvalue weighted by molar-refractivity contribution is 6.10. The van der Waals surface area contributed by atoms with Crippen LogP contribution < -0.4 is 16.0 Å². The Balaban J connectivity index is 0.891. The molecule has 3 N–H and O–H groups in total. The van der Waals surface area contributed by atoms with Crippen LogP contribution in [-0.2, 0) is 38.9 Å². The Hall–Kier alpha value is -6.29. The summed E-state index contributed by atoms with van der Waals surface area (Å²) < 4.78 is 48.8. The van der Waals surface area contributed by atoms with Crippen LogP contribution in [0.2, 0.25) is 0 Å². The molecule has 1 saturated heterocycles. The van der Waals surface area contributed by atoms with Crippen LogP contribution >= 0.6 is 0 Å². The maximum Gasteiger partial charge on any atom is 0.416 e. The molecular formula is C51H63F3N8O5. The summed E-state index contributed by atoms with van der Waals surface area (Å²) in [7, 11) is 1.76. The number of benzene rings is 3.